The third kappa shape index (κ3) is 5.00. The number of amides is 1. The third-order valence-corrected chi connectivity index (χ3v) is 5.10. The molecule has 3 aromatic heterocycles. The van der Waals surface area contributed by atoms with Gasteiger partial charge in [-0.25, -0.2) is 4.98 Å². The molecule has 0 aliphatic rings. The Morgan fingerprint density at radius 1 is 1.19 bits per heavy atom. The molecule has 0 saturated carbocycles. The smallest absolute Gasteiger partial charge is 0.258 e. The van der Waals surface area contributed by atoms with Gasteiger partial charge >= 0.3 is 0 Å². The van der Waals surface area contributed by atoms with Crippen LogP contribution in [0.5, 0.6) is 0 Å². The van der Waals surface area contributed by atoms with Crippen LogP contribution in [-0.2, 0) is 17.8 Å². The summed E-state index contributed by atoms with van der Waals surface area (Å²) in [6.45, 7) is 2.70. The number of hydrogen-bond acceptors (Lipinski definition) is 7. The van der Waals surface area contributed by atoms with Crippen molar-refractivity contribution in [1.82, 2.24) is 30.0 Å². The van der Waals surface area contributed by atoms with Crippen LogP contribution in [0.2, 0.25) is 5.02 Å². The molecule has 0 unspecified atom stereocenters. The van der Waals surface area contributed by atoms with E-state index in [4.69, 9.17) is 16.1 Å². The van der Waals surface area contributed by atoms with E-state index in [9.17, 15) is 9.59 Å². The van der Waals surface area contributed by atoms with Gasteiger partial charge in [-0.05, 0) is 36.8 Å². The monoisotopic (exact) mass is 452 g/mol. The number of rotatable bonds is 8. The molecule has 0 aliphatic carbocycles. The normalized spacial score (nSPS) is 11.1. The Kier molecular flexibility index (Phi) is 6.55. The molecule has 0 radical (unpaired) electrons. The van der Waals surface area contributed by atoms with Crippen molar-refractivity contribution in [3.63, 3.8) is 0 Å². The number of aromatic nitrogens is 5. The van der Waals surface area contributed by atoms with Crippen molar-refractivity contribution in [1.29, 1.82) is 0 Å². The topological polar surface area (TPSA) is 118 Å². The fourth-order valence-corrected chi connectivity index (χ4v) is 3.49. The number of aryl methyl sites for hydroxylation is 1. The van der Waals surface area contributed by atoms with Crippen molar-refractivity contribution in [3.05, 3.63) is 69.8 Å². The first-order valence-corrected chi connectivity index (χ1v) is 10.6. The summed E-state index contributed by atoms with van der Waals surface area (Å²) < 4.78 is 5.28. The van der Waals surface area contributed by atoms with E-state index in [1.54, 1.807) is 47.6 Å². The second-order valence-electron chi connectivity index (χ2n) is 7.24. The second kappa shape index (κ2) is 9.69. The summed E-state index contributed by atoms with van der Waals surface area (Å²) in [5.74, 6) is 1.15. The van der Waals surface area contributed by atoms with Crippen molar-refractivity contribution in [3.8, 4) is 11.4 Å². The van der Waals surface area contributed by atoms with Gasteiger partial charge in [-0.1, -0.05) is 23.7 Å². The molecule has 4 rings (SSSR count). The molecule has 1 aromatic carbocycles. The van der Waals surface area contributed by atoms with E-state index < -0.39 is 0 Å². The van der Waals surface area contributed by atoms with Gasteiger partial charge in [0.1, 0.15) is 5.82 Å². The highest BCUT2D eigenvalue weighted by Crippen LogP contribution is 2.17. The average Bonchev–Trinajstić information content (AvgIpc) is 3.26. The second-order valence-corrected chi connectivity index (χ2v) is 7.67. The Bertz CT molecular complexity index is 1290. The fraction of sp³-hybridized carbons (Fsp3) is 0.273. The van der Waals surface area contributed by atoms with Gasteiger partial charge in [0, 0.05) is 42.4 Å². The lowest BCUT2D eigenvalue weighted by Gasteiger charge is -2.21. The SMILES string of the molecule is CCCN(Cc1nc2cc(Cl)ccc2c(=O)[nH]1)C(=O)CCc1nc(-c2ccncc2)no1. The maximum Gasteiger partial charge on any atom is 0.258 e. The van der Waals surface area contributed by atoms with Crippen LogP contribution in [0.1, 0.15) is 31.5 Å². The zero-order chi connectivity index (χ0) is 22.5. The number of aromatic amines is 1. The van der Waals surface area contributed by atoms with Gasteiger partial charge in [-0.3, -0.25) is 14.6 Å². The first kappa shape index (κ1) is 21.6. The standard InChI is InChI=1S/C22H21ClN6O3/c1-2-11-29(13-18-25-17-12-15(23)3-4-16(17)22(31)26-18)20(30)6-5-19-27-21(28-32-19)14-7-9-24-10-8-14/h3-4,7-10,12H,2,5-6,11,13H2,1H3,(H,25,26,31). The van der Waals surface area contributed by atoms with Gasteiger partial charge in [0.05, 0.1) is 17.4 Å². The Morgan fingerprint density at radius 2 is 2.00 bits per heavy atom. The number of nitrogens with zero attached hydrogens (tertiary/aromatic N) is 5. The summed E-state index contributed by atoms with van der Waals surface area (Å²) in [6.07, 6.45) is 4.57. The third-order valence-electron chi connectivity index (χ3n) is 4.86. The minimum Gasteiger partial charge on any atom is -0.339 e. The number of carbonyl (C=O) groups is 1. The molecule has 4 aromatic rings. The van der Waals surface area contributed by atoms with Crippen molar-refractivity contribution in [2.24, 2.45) is 0 Å². The highest BCUT2D eigenvalue weighted by Gasteiger charge is 2.17. The molecule has 0 aliphatic heterocycles. The number of nitrogens with one attached hydrogen (secondary N) is 1. The van der Waals surface area contributed by atoms with E-state index in [0.29, 0.717) is 46.4 Å². The molecule has 3 heterocycles. The number of carbonyl (C=O) groups excluding carboxylic acids is 1. The molecule has 9 nitrogen and oxygen atoms in total. The minimum absolute atomic E-state index is 0.0932. The maximum atomic E-state index is 12.9. The van der Waals surface area contributed by atoms with Crippen LogP contribution < -0.4 is 5.56 Å². The van der Waals surface area contributed by atoms with E-state index in [-0.39, 0.29) is 24.4 Å². The van der Waals surface area contributed by atoms with Crippen molar-refractivity contribution in [2.75, 3.05) is 6.54 Å². The first-order valence-electron chi connectivity index (χ1n) is 10.2. The van der Waals surface area contributed by atoms with Crippen molar-refractivity contribution in [2.45, 2.75) is 32.7 Å². The average molecular weight is 453 g/mol. The summed E-state index contributed by atoms with van der Waals surface area (Å²) >= 11 is 6.03. The first-order chi connectivity index (χ1) is 15.5. The van der Waals surface area contributed by atoms with Gasteiger partial charge in [0.2, 0.25) is 17.6 Å². The number of pyridine rings is 1. The Labute approximate surface area is 188 Å². The van der Waals surface area contributed by atoms with Gasteiger partial charge < -0.3 is 14.4 Å². The predicted molar refractivity (Wildman–Crippen MR) is 119 cm³/mol. The van der Waals surface area contributed by atoms with Crippen LogP contribution >= 0.6 is 11.6 Å². The van der Waals surface area contributed by atoms with E-state index in [0.717, 1.165) is 12.0 Å². The zero-order valence-electron chi connectivity index (χ0n) is 17.4. The highest BCUT2D eigenvalue weighted by atomic mass is 35.5. The van der Waals surface area contributed by atoms with Crippen LogP contribution in [0.25, 0.3) is 22.3 Å². The van der Waals surface area contributed by atoms with Gasteiger partial charge in [-0.15, -0.1) is 0 Å². The molecule has 164 valence electrons. The van der Waals surface area contributed by atoms with Crippen LogP contribution in [0, 0.1) is 0 Å². The Morgan fingerprint density at radius 3 is 2.78 bits per heavy atom. The van der Waals surface area contributed by atoms with Gasteiger partial charge in [0.15, 0.2) is 0 Å². The van der Waals surface area contributed by atoms with E-state index in [2.05, 4.69) is 25.1 Å². The predicted octanol–water partition coefficient (Wildman–Crippen LogP) is 3.39. The van der Waals surface area contributed by atoms with E-state index in [1.807, 2.05) is 6.92 Å². The molecule has 0 fully saturated rings. The van der Waals surface area contributed by atoms with Crippen molar-refractivity contribution >= 4 is 28.4 Å². The summed E-state index contributed by atoms with van der Waals surface area (Å²) in [5, 5.41) is 4.91. The number of fused-ring (bicyclic) bond motifs is 1. The van der Waals surface area contributed by atoms with E-state index in [1.165, 1.54) is 0 Å². The molecule has 0 saturated heterocycles. The lowest BCUT2D eigenvalue weighted by atomic mass is 10.2. The van der Waals surface area contributed by atoms with Crippen LogP contribution in [0.4, 0.5) is 0 Å². The minimum atomic E-state index is -0.264. The molecule has 1 N–H and O–H groups in total. The summed E-state index contributed by atoms with van der Waals surface area (Å²) in [7, 11) is 0. The molecular formula is C22H21ClN6O3. The quantitative estimate of drug-likeness (QED) is 0.435. The Balaban J connectivity index is 1.45. The number of halogens is 1. The van der Waals surface area contributed by atoms with E-state index >= 15 is 0 Å². The van der Waals surface area contributed by atoms with Gasteiger partial charge in [0.25, 0.3) is 5.56 Å². The summed E-state index contributed by atoms with van der Waals surface area (Å²) in [4.78, 5) is 42.5. The molecule has 0 atom stereocenters. The summed E-state index contributed by atoms with van der Waals surface area (Å²) in [6, 6.07) is 8.48. The molecule has 1 amide bonds. The van der Waals surface area contributed by atoms with Crippen LogP contribution in [0.15, 0.2) is 52.0 Å². The molecule has 32 heavy (non-hydrogen) atoms. The fourth-order valence-electron chi connectivity index (χ4n) is 3.33. The molecular weight excluding hydrogens is 432 g/mol. The zero-order valence-corrected chi connectivity index (χ0v) is 18.2. The van der Waals surface area contributed by atoms with Crippen LogP contribution in [0.3, 0.4) is 0 Å². The van der Waals surface area contributed by atoms with Crippen molar-refractivity contribution < 1.29 is 9.32 Å². The van der Waals surface area contributed by atoms with Crippen LogP contribution in [-0.4, -0.2) is 42.4 Å². The number of hydrogen-bond donors (Lipinski definition) is 1. The molecule has 10 heteroatoms. The molecule has 0 spiro atoms. The maximum absolute atomic E-state index is 12.9. The lowest BCUT2D eigenvalue weighted by Crippen LogP contribution is -2.33. The number of H-pyrrole nitrogens is 1. The van der Waals surface area contributed by atoms with Gasteiger partial charge in [-0.2, -0.15) is 4.98 Å². The molecule has 0 bridgehead atoms. The lowest BCUT2D eigenvalue weighted by molar-refractivity contribution is -0.132. The Hall–Kier alpha value is -3.59. The number of benzene rings is 1. The highest BCUT2D eigenvalue weighted by molar-refractivity contribution is 6.31. The summed E-state index contributed by atoms with van der Waals surface area (Å²) in [5.41, 5.74) is 1.02. The largest absolute Gasteiger partial charge is 0.339 e.